The van der Waals surface area contributed by atoms with Crippen LogP contribution in [0.2, 0.25) is 0 Å². The number of hydrogen-bond acceptors (Lipinski definition) is 4. The summed E-state index contributed by atoms with van der Waals surface area (Å²) in [7, 11) is 0. The summed E-state index contributed by atoms with van der Waals surface area (Å²) in [6, 6.07) is 8.02. The van der Waals surface area contributed by atoms with Gasteiger partial charge in [0.25, 0.3) is 0 Å². The highest BCUT2D eigenvalue weighted by Gasteiger charge is 2.39. The molecule has 3 heterocycles. The van der Waals surface area contributed by atoms with Gasteiger partial charge in [-0.2, -0.15) is 22.7 Å². The van der Waals surface area contributed by atoms with Gasteiger partial charge in [-0.1, -0.05) is 6.07 Å². The number of benzene rings is 1. The maximum Gasteiger partial charge on any atom is 0.435 e. The van der Waals surface area contributed by atoms with Gasteiger partial charge in [-0.3, -0.25) is 14.5 Å². The van der Waals surface area contributed by atoms with Gasteiger partial charge in [-0.05, 0) is 68.9 Å². The largest absolute Gasteiger partial charge is 0.435 e. The van der Waals surface area contributed by atoms with Crippen LogP contribution >= 0.6 is 0 Å². The van der Waals surface area contributed by atoms with E-state index in [2.05, 4.69) is 15.1 Å². The van der Waals surface area contributed by atoms with Gasteiger partial charge in [-0.15, -0.1) is 0 Å². The van der Waals surface area contributed by atoms with Crippen molar-refractivity contribution in [3.8, 4) is 11.1 Å². The van der Waals surface area contributed by atoms with Crippen LogP contribution in [0.4, 0.5) is 26.3 Å². The molecule has 0 saturated carbocycles. The summed E-state index contributed by atoms with van der Waals surface area (Å²) in [4.78, 5) is 21.7. The number of hydrogen-bond donors (Lipinski definition) is 0. The number of rotatable bonds is 8. The number of carbonyl (C=O) groups excluding carboxylic acids is 1. The van der Waals surface area contributed by atoms with Crippen LogP contribution in [0.15, 0.2) is 48.8 Å². The number of pyridine rings is 2. The van der Waals surface area contributed by atoms with Crippen LogP contribution < -0.4 is 0 Å². The lowest BCUT2D eigenvalue weighted by molar-refractivity contribution is -0.142. The molecule has 1 aliphatic rings. The number of ketones is 1. The van der Waals surface area contributed by atoms with Crippen LogP contribution in [0.25, 0.3) is 11.1 Å². The molecule has 3 aromatic heterocycles. The van der Waals surface area contributed by atoms with E-state index in [-0.39, 0.29) is 36.9 Å². The molecule has 0 fully saturated rings. The maximum atomic E-state index is 14.0. The quantitative estimate of drug-likeness (QED) is 0.169. The second-order valence-corrected chi connectivity index (χ2v) is 10.3. The van der Waals surface area contributed by atoms with Crippen molar-refractivity contribution in [2.45, 2.75) is 64.1 Å². The zero-order valence-electron chi connectivity index (χ0n) is 22.1. The van der Waals surface area contributed by atoms with Crippen molar-refractivity contribution in [2.24, 2.45) is 0 Å². The van der Waals surface area contributed by atoms with Gasteiger partial charge < -0.3 is 0 Å². The Kier molecular flexibility index (Phi) is 7.97. The molecule has 4 aromatic rings. The van der Waals surface area contributed by atoms with Crippen LogP contribution in [-0.4, -0.2) is 25.5 Å². The summed E-state index contributed by atoms with van der Waals surface area (Å²) in [6.07, 6.45) is -0.0290. The minimum Gasteiger partial charge on any atom is -0.298 e. The monoisotopic (exact) mass is 572 g/mol. The molecule has 0 saturated heterocycles. The fourth-order valence-corrected chi connectivity index (χ4v) is 5.51. The molecule has 5 nitrogen and oxygen atoms in total. The molecule has 1 aromatic carbocycles. The fourth-order valence-electron chi connectivity index (χ4n) is 5.51. The zero-order chi connectivity index (χ0) is 29.3. The highest BCUT2D eigenvalue weighted by molar-refractivity contribution is 5.80. The fraction of sp³-hybridized carbons (Fsp3) is 0.333. The Morgan fingerprint density at radius 2 is 1.76 bits per heavy atom. The Labute approximate surface area is 232 Å². The van der Waals surface area contributed by atoms with E-state index in [4.69, 9.17) is 0 Å². The molecule has 0 amide bonds. The molecule has 0 bridgehead atoms. The number of nitrogens with zero attached hydrogens (tertiary/aromatic N) is 4. The third kappa shape index (κ3) is 6.34. The third-order valence-electron chi connectivity index (χ3n) is 7.28. The molecule has 214 valence electrons. The number of aryl methyl sites for hydroxylation is 1. The van der Waals surface area contributed by atoms with Gasteiger partial charge in [0, 0.05) is 58.7 Å². The molecule has 41 heavy (non-hydrogen) atoms. The van der Waals surface area contributed by atoms with Crippen molar-refractivity contribution < 1.29 is 31.1 Å². The first-order valence-electron chi connectivity index (χ1n) is 13.2. The van der Waals surface area contributed by atoms with Crippen LogP contribution in [0.1, 0.15) is 59.0 Å². The van der Waals surface area contributed by atoms with Gasteiger partial charge in [-0.25, -0.2) is 13.8 Å². The van der Waals surface area contributed by atoms with Crippen LogP contribution in [0, 0.1) is 24.5 Å². The Morgan fingerprint density at radius 3 is 2.46 bits per heavy atom. The molecule has 0 radical (unpaired) electrons. The SMILES string of the molecule is Cc1cc(-c2cccnc2[C@@H](CC(=O)Cn2nc(C(F)(F)F)c3c2CCCC3)Cc2cc(F)cc(F)c2)cnc1F. The molecule has 1 atom stereocenters. The smallest absolute Gasteiger partial charge is 0.298 e. The van der Waals surface area contributed by atoms with E-state index in [0.717, 1.165) is 22.9 Å². The van der Waals surface area contributed by atoms with E-state index in [0.29, 0.717) is 47.3 Å². The summed E-state index contributed by atoms with van der Waals surface area (Å²) in [5, 5.41) is 3.79. The van der Waals surface area contributed by atoms with E-state index < -0.39 is 41.2 Å². The second kappa shape index (κ2) is 11.5. The van der Waals surface area contributed by atoms with E-state index in [9.17, 15) is 31.1 Å². The lowest BCUT2D eigenvalue weighted by Crippen LogP contribution is -2.19. The molecule has 0 unspecified atom stereocenters. The Hall–Kier alpha value is -4.02. The van der Waals surface area contributed by atoms with Crippen molar-refractivity contribution in [3.05, 3.63) is 100 Å². The van der Waals surface area contributed by atoms with Gasteiger partial charge >= 0.3 is 6.18 Å². The van der Waals surface area contributed by atoms with Gasteiger partial charge in [0.15, 0.2) is 11.5 Å². The van der Waals surface area contributed by atoms with Crippen molar-refractivity contribution in [2.75, 3.05) is 0 Å². The van der Waals surface area contributed by atoms with Crippen molar-refractivity contribution in [3.63, 3.8) is 0 Å². The summed E-state index contributed by atoms with van der Waals surface area (Å²) in [5.74, 6) is -3.33. The molecule has 1 aliphatic carbocycles. The first-order valence-corrected chi connectivity index (χ1v) is 13.2. The molecular formula is C30H26F6N4O. The summed E-state index contributed by atoms with van der Waals surface area (Å²) < 4.78 is 84.1. The van der Waals surface area contributed by atoms with Crippen molar-refractivity contribution >= 4 is 5.78 Å². The zero-order valence-corrected chi connectivity index (χ0v) is 22.1. The summed E-state index contributed by atoms with van der Waals surface area (Å²) >= 11 is 0. The average Bonchev–Trinajstić information content (AvgIpc) is 3.28. The lowest BCUT2D eigenvalue weighted by atomic mass is 9.87. The topological polar surface area (TPSA) is 60.7 Å². The van der Waals surface area contributed by atoms with Crippen LogP contribution in [0.3, 0.4) is 0 Å². The second-order valence-electron chi connectivity index (χ2n) is 10.3. The Morgan fingerprint density at radius 1 is 1.02 bits per heavy atom. The minimum atomic E-state index is -4.64. The number of carbonyl (C=O) groups is 1. The number of alkyl halides is 3. The van der Waals surface area contributed by atoms with E-state index in [1.807, 2.05) is 0 Å². The predicted octanol–water partition coefficient (Wildman–Crippen LogP) is 6.95. The first-order chi connectivity index (χ1) is 19.5. The normalized spacial score (nSPS) is 14.1. The molecule has 0 N–H and O–H groups in total. The molecule has 0 aliphatic heterocycles. The van der Waals surface area contributed by atoms with Gasteiger partial charge in [0.2, 0.25) is 5.95 Å². The highest BCUT2D eigenvalue weighted by Crippen LogP contribution is 2.37. The standard InChI is InChI=1S/C30H26F6N4O/c1-17-9-20(15-38-29(17)33)24-6-4-8-37-27(24)19(10-18-11-21(31)14-22(32)12-18)13-23(41)16-40-26-7-3-2-5-25(26)28(39-40)30(34,35)36/h4,6,8-9,11-12,14-15,19H,2-3,5,7,10,13,16H2,1H3/t19-/m1/s1. The molecule has 0 spiro atoms. The van der Waals surface area contributed by atoms with E-state index in [1.165, 1.54) is 12.4 Å². The molecular weight excluding hydrogens is 546 g/mol. The lowest BCUT2D eigenvalue weighted by Gasteiger charge is -2.20. The van der Waals surface area contributed by atoms with E-state index >= 15 is 0 Å². The Balaban J connectivity index is 1.50. The van der Waals surface area contributed by atoms with Crippen molar-refractivity contribution in [1.29, 1.82) is 0 Å². The number of fused-ring (bicyclic) bond motifs is 1. The predicted molar refractivity (Wildman–Crippen MR) is 138 cm³/mol. The molecule has 5 rings (SSSR count). The Bertz CT molecular complexity index is 1580. The maximum absolute atomic E-state index is 14.0. The number of Topliss-reactive ketones (excluding diaryl/α,β-unsaturated/α-hetero) is 1. The van der Waals surface area contributed by atoms with Crippen molar-refractivity contribution in [1.82, 2.24) is 19.7 Å². The number of halogens is 6. The number of aromatic nitrogens is 4. The minimum absolute atomic E-state index is 0.0169. The van der Waals surface area contributed by atoms with E-state index in [1.54, 1.807) is 25.1 Å². The van der Waals surface area contributed by atoms with Gasteiger partial charge in [0.1, 0.15) is 11.6 Å². The first kappa shape index (κ1) is 28.5. The van der Waals surface area contributed by atoms with Crippen LogP contribution in [-0.2, 0) is 36.8 Å². The van der Waals surface area contributed by atoms with Crippen LogP contribution in [0.5, 0.6) is 0 Å². The summed E-state index contributed by atoms with van der Waals surface area (Å²) in [6.45, 7) is 1.17. The van der Waals surface area contributed by atoms with Gasteiger partial charge in [0.05, 0.1) is 12.2 Å². The summed E-state index contributed by atoms with van der Waals surface area (Å²) in [5.41, 5.74) is 1.65. The average molecular weight is 573 g/mol. The third-order valence-corrected chi connectivity index (χ3v) is 7.28. The highest BCUT2D eigenvalue weighted by atomic mass is 19.4. The molecule has 11 heteroatoms.